The molecule has 2 aromatic rings. The second-order valence-corrected chi connectivity index (χ2v) is 5.38. The summed E-state index contributed by atoms with van der Waals surface area (Å²) in [6.07, 6.45) is 0.995. The Morgan fingerprint density at radius 2 is 1.80 bits per heavy atom. The molecule has 3 heteroatoms. The van der Waals surface area contributed by atoms with Gasteiger partial charge in [-0.3, -0.25) is 0 Å². The summed E-state index contributed by atoms with van der Waals surface area (Å²) in [6.45, 7) is 1.70. The number of para-hydroxylation sites is 1. The molecule has 0 amide bonds. The van der Waals surface area contributed by atoms with Gasteiger partial charge in [-0.05, 0) is 29.7 Å². The highest BCUT2D eigenvalue weighted by molar-refractivity contribution is 5.47. The van der Waals surface area contributed by atoms with Gasteiger partial charge in [-0.2, -0.15) is 0 Å². The van der Waals surface area contributed by atoms with Crippen LogP contribution in [0.5, 0.6) is 0 Å². The van der Waals surface area contributed by atoms with Crippen LogP contribution in [0.4, 0.5) is 10.1 Å². The van der Waals surface area contributed by atoms with Crippen molar-refractivity contribution in [2.75, 3.05) is 18.5 Å². The van der Waals surface area contributed by atoms with Gasteiger partial charge in [0, 0.05) is 26.2 Å². The van der Waals surface area contributed by atoms with E-state index in [9.17, 15) is 4.39 Å². The molecule has 0 spiro atoms. The Hall–Kier alpha value is -1.87. The Morgan fingerprint density at radius 3 is 2.60 bits per heavy atom. The summed E-state index contributed by atoms with van der Waals surface area (Å²) >= 11 is 0. The van der Waals surface area contributed by atoms with Crippen molar-refractivity contribution < 1.29 is 4.39 Å². The molecule has 3 rings (SSSR count). The molecule has 1 aliphatic rings. The molecule has 1 heterocycles. The molecule has 2 aromatic carbocycles. The fourth-order valence-corrected chi connectivity index (χ4v) is 2.84. The molecule has 1 N–H and O–H groups in total. The van der Waals surface area contributed by atoms with Crippen molar-refractivity contribution in [1.29, 1.82) is 0 Å². The smallest absolute Gasteiger partial charge is 0.146 e. The van der Waals surface area contributed by atoms with Crippen molar-refractivity contribution in [2.45, 2.75) is 19.0 Å². The largest absolute Gasteiger partial charge is 0.371 e. The minimum absolute atomic E-state index is 0.161. The zero-order chi connectivity index (χ0) is 13.9. The van der Waals surface area contributed by atoms with E-state index < -0.39 is 0 Å². The molecule has 0 aromatic heterocycles. The van der Waals surface area contributed by atoms with Crippen LogP contribution in [0.3, 0.4) is 0 Å². The van der Waals surface area contributed by atoms with E-state index in [4.69, 9.17) is 0 Å². The quantitative estimate of drug-likeness (QED) is 0.922. The lowest BCUT2D eigenvalue weighted by Crippen LogP contribution is -2.43. The first-order chi connectivity index (χ1) is 9.74. The summed E-state index contributed by atoms with van der Waals surface area (Å²) in [5.41, 5.74) is 3.43. The van der Waals surface area contributed by atoms with Crippen LogP contribution in [0.1, 0.15) is 11.1 Å². The minimum Gasteiger partial charge on any atom is -0.371 e. The van der Waals surface area contributed by atoms with Crippen LogP contribution < -0.4 is 10.2 Å². The van der Waals surface area contributed by atoms with E-state index in [2.05, 4.69) is 29.6 Å². The molecule has 104 valence electrons. The van der Waals surface area contributed by atoms with Crippen molar-refractivity contribution in [2.24, 2.45) is 0 Å². The number of nitrogens with one attached hydrogen (secondary N) is 1. The maximum atomic E-state index is 13.8. The molecule has 0 saturated carbocycles. The van der Waals surface area contributed by atoms with E-state index in [1.165, 1.54) is 17.2 Å². The molecule has 2 nitrogen and oxygen atoms in total. The predicted molar refractivity (Wildman–Crippen MR) is 80.4 cm³/mol. The summed E-state index contributed by atoms with van der Waals surface area (Å²) in [6, 6.07) is 15.8. The summed E-state index contributed by atoms with van der Waals surface area (Å²) in [7, 11) is 1.95. The van der Waals surface area contributed by atoms with Crippen LogP contribution in [-0.4, -0.2) is 19.6 Å². The third kappa shape index (κ3) is 2.68. The van der Waals surface area contributed by atoms with Gasteiger partial charge in [0.25, 0.3) is 0 Å². The first-order valence-electron chi connectivity index (χ1n) is 7.00. The highest BCUT2D eigenvalue weighted by atomic mass is 19.1. The van der Waals surface area contributed by atoms with Crippen LogP contribution in [-0.2, 0) is 13.0 Å². The summed E-state index contributed by atoms with van der Waals surface area (Å²) in [4.78, 5) is 1.99. The highest BCUT2D eigenvalue weighted by Crippen LogP contribution is 2.20. The van der Waals surface area contributed by atoms with Crippen LogP contribution in [0, 0.1) is 5.82 Å². The van der Waals surface area contributed by atoms with Gasteiger partial charge in [-0.15, -0.1) is 0 Å². The third-order valence-electron chi connectivity index (χ3n) is 3.92. The van der Waals surface area contributed by atoms with Crippen molar-refractivity contribution >= 4 is 5.69 Å². The van der Waals surface area contributed by atoms with Crippen LogP contribution >= 0.6 is 0 Å². The number of rotatable bonds is 3. The fraction of sp³-hybridized carbons (Fsp3) is 0.294. The summed E-state index contributed by atoms with van der Waals surface area (Å²) < 4.78 is 13.8. The molecule has 1 aliphatic heterocycles. The topological polar surface area (TPSA) is 15.3 Å². The summed E-state index contributed by atoms with van der Waals surface area (Å²) in [5.74, 6) is -0.161. The van der Waals surface area contributed by atoms with E-state index in [1.54, 1.807) is 6.07 Å². The number of hydrogen-bond donors (Lipinski definition) is 1. The number of likely N-dealkylation sites (N-methyl/N-ethyl adjacent to an activating group) is 1. The van der Waals surface area contributed by atoms with Crippen LogP contribution in [0.2, 0.25) is 0 Å². The Morgan fingerprint density at radius 1 is 1.10 bits per heavy atom. The van der Waals surface area contributed by atoms with E-state index in [0.717, 1.165) is 19.5 Å². The normalized spacial score (nSPS) is 17.6. The van der Waals surface area contributed by atoms with E-state index in [-0.39, 0.29) is 5.82 Å². The SMILES string of the molecule is CN(CC1Cc2ccccc2CN1)c1ccccc1F. The molecule has 1 unspecified atom stereocenters. The Bertz CT molecular complexity index is 597. The van der Waals surface area contributed by atoms with E-state index >= 15 is 0 Å². The second-order valence-electron chi connectivity index (χ2n) is 5.38. The van der Waals surface area contributed by atoms with Gasteiger partial charge in [0.05, 0.1) is 5.69 Å². The Kier molecular flexibility index (Phi) is 3.70. The van der Waals surface area contributed by atoms with Crippen LogP contribution in [0.25, 0.3) is 0 Å². The molecule has 0 fully saturated rings. The minimum atomic E-state index is -0.161. The van der Waals surface area contributed by atoms with Crippen molar-refractivity contribution in [3.63, 3.8) is 0 Å². The predicted octanol–water partition coefficient (Wildman–Crippen LogP) is 2.98. The van der Waals surface area contributed by atoms with Gasteiger partial charge in [0.15, 0.2) is 0 Å². The zero-order valence-electron chi connectivity index (χ0n) is 11.6. The van der Waals surface area contributed by atoms with Crippen molar-refractivity contribution in [3.8, 4) is 0 Å². The number of nitrogens with zero attached hydrogens (tertiary/aromatic N) is 1. The van der Waals surface area contributed by atoms with Gasteiger partial charge in [-0.1, -0.05) is 36.4 Å². The molecule has 0 saturated heterocycles. The number of anilines is 1. The van der Waals surface area contributed by atoms with Gasteiger partial charge >= 0.3 is 0 Å². The maximum absolute atomic E-state index is 13.8. The van der Waals surface area contributed by atoms with Gasteiger partial charge in [-0.25, -0.2) is 4.39 Å². The molecular weight excluding hydrogens is 251 g/mol. The van der Waals surface area contributed by atoms with Crippen molar-refractivity contribution in [1.82, 2.24) is 5.32 Å². The maximum Gasteiger partial charge on any atom is 0.146 e. The lowest BCUT2D eigenvalue weighted by atomic mass is 9.95. The second kappa shape index (κ2) is 5.63. The average Bonchev–Trinajstić information content (AvgIpc) is 2.47. The van der Waals surface area contributed by atoms with Gasteiger partial charge in [0.2, 0.25) is 0 Å². The average molecular weight is 270 g/mol. The zero-order valence-corrected chi connectivity index (χ0v) is 11.6. The summed E-state index contributed by atoms with van der Waals surface area (Å²) in [5, 5.41) is 3.53. The molecular formula is C17H19FN2. The van der Waals surface area contributed by atoms with Crippen molar-refractivity contribution in [3.05, 3.63) is 65.5 Å². The van der Waals surface area contributed by atoms with Crippen LogP contribution in [0.15, 0.2) is 48.5 Å². The standard InChI is InChI=1S/C17H19FN2/c1-20(17-9-5-4-8-16(17)18)12-15-10-13-6-2-3-7-14(13)11-19-15/h2-9,15,19H,10-12H2,1H3. The Balaban J connectivity index is 1.69. The number of hydrogen-bond acceptors (Lipinski definition) is 2. The monoisotopic (exact) mass is 270 g/mol. The molecule has 20 heavy (non-hydrogen) atoms. The first kappa shape index (κ1) is 13.1. The Labute approximate surface area is 119 Å². The first-order valence-corrected chi connectivity index (χ1v) is 7.00. The van der Waals surface area contributed by atoms with Gasteiger partial charge < -0.3 is 10.2 Å². The lowest BCUT2D eigenvalue weighted by Gasteiger charge is -2.31. The third-order valence-corrected chi connectivity index (χ3v) is 3.92. The number of fused-ring (bicyclic) bond motifs is 1. The fourth-order valence-electron chi connectivity index (χ4n) is 2.84. The molecule has 0 aliphatic carbocycles. The lowest BCUT2D eigenvalue weighted by molar-refractivity contribution is 0.477. The molecule has 0 bridgehead atoms. The number of benzene rings is 2. The van der Waals surface area contributed by atoms with E-state index in [0.29, 0.717) is 11.7 Å². The molecule has 0 radical (unpaired) electrons. The number of halogens is 1. The van der Waals surface area contributed by atoms with E-state index in [1.807, 2.05) is 24.1 Å². The molecule has 1 atom stereocenters. The highest BCUT2D eigenvalue weighted by Gasteiger charge is 2.19. The van der Waals surface area contributed by atoms with Gasteiger partial charge in [0.1, 0.15) is 5.82 Å².